The number of benzene rings is 2. The van der Waals surface area contributed by atoms with Crippen LogP contribution in [0.2, 0.25) is 10.0 Å². The monoisotopic (exact) mass is 450 g/mol. The Kier molecular flexibility index (Phi) is 6.41. The van der Waals surface area contributed by atoms with Gasteiger partial charge in [0.2, 0.25) is 0 Å². The first kappa shape index (κ1) is 21.6. The van der Waals surface area contributed by atoms with Crippen molar-refractivity contribution < 1.29 is 21.9 Å². The van der Waals surface area contributed by atoms with E-state index in [-0.39, 0.29) is 22.0 Å². The van der Waals surface area contributed by atoms with Crippen LogP contribution in [0.5, 0.6) is 0 Å². The summed E-state index contributed by atoms with van der Waals surface area (Å²) >= 11 is 9.27. The summed E-state index contributed by atoms with van der Waals surface area (Å²) in [5.74, 6) is -0.672. The Morgan fingerprint density at radius 2 is 1.75 bits per heavy atom. The summed E-state index contributed by atoms with van der Waals surface area (Å²) in [6, 6.07) is 11.0. The van der Waals surface area contributed by atoms with E-state index in [2.05, 4.69) is 5.32 Å². The van der Waals surface area contributed by atoms with Crippen LogP contribution in [0.3, 0.4) is 0 Å². The molecule has 0 bridgehead atoms. The number of hydrogen-bond donors (Lipinski definition) is 1. The zero-order chi connectivity index (χ0) is 20.5. The van der Waals surface area contributed by atoms with Gasteiger partial charge < -0.3 is 9.87 Å². The number of nitrogens with one attached hydrogen (secondary N) is 1. The molecular weight excluding hydrogens is 434 g/mol. The van der Waals surface area contributed by atoms with Crippen LogP contribution in [0.25, 0.3) is 0 Å². The van der Waals surface area contributed by atoms with Crippen LogP contribution >= 0.6 is 23.2 Å². The first-order valence-electron chi connectivity index (χ1n) is 8.51. The number of alkyl halides is 3. The van der Waals surface area contributed by atoms with Crippen molar-refractivity contribution in [2.24, 2.45) is 0 Å². The topological polar surface area (TPSA) is 52.2 Å². The highest BCUT2D eigenvalue weighted by Gasteiger charge is 2.64. The SMILES string of the molecule is O=S([O-])CC1NC(Cc2ccccc2)CC1(c1cc(Cl)cc(Cl)c1)C(F)(F)F. The molecule has 3 nitrogen and oxygen atoms in total. The highest BCUT2D eigenvalue weighted by molar-refractivity contribution is 7.79. The molecule has 3 rings (SSSR count). The molecule has 2 aromatic rings. The molecule has 0 amide bonds. The van der Waals surface area contributed by atoms with Gasteiger partial charge in [0.1, 0.15) is 5.41 Å². The van der Waals surface area contributed by atoms with E-state index in [9.17, 15) is 21.9 Å². The van der Waals surface area contributed by atoms with E-state index in [0.717, 1.165) is 5.56 Å². The molecule has 0 aromatic heterocycles. The first-order valence-corrected chi connectivity index (χ1v) is 10.5. The fraction of sp³-hybridized carbons (Fsp3) is 0.368. The molecule has 4 atom stereocenters. The summed E-state index contributed by atoms with van der Waals surface area (Å²) in [5, 5.41) is 3.04. The third-order valence-electron chi connectivity index (χ3n) is 5.11. The van der Waals surface area contributed by atoms with E-state index < -0.39 is 40.5 Å². The Morgan fingerprint density at radius 1 is 1.14 bits per heavy atom. The second kappa shape index (κ2) is 8.32. The van der Waals surface area contributed by atoms with Gasteiger partial charge in [0.15, 0.2) is 0 Å². The Labute approximate surface area is 173 Å². The molecule has 0 radical (unpaired) electrons. The second-order valence-electron chi connectivity index (χ2n) is 6.91. The third-order valence-corrected chi connectivity index (χ3v) is 6.15. The molecule has 1 aliphatic rings. The maximum atomic E-state index is 14.5. The van der Waals surface area contributed by atoms with Crippen LogP contribution in [-0.4, -0.2) is 32.8 Å². The fourth-order valence-corrected chi connectivity index (χ4v) is 5.16. The molecule has 152 valence electrons. The zero-order valence-electron chi connectivity index (χ0n) is 14.5. The lowest BCUT2D eigenvalue weighted by Crippen LogP contribution is -2.53. The molecule has 9 heteroatoms. The lowest BCUT2D eigenvalue weighted by atomic mass is 9.72. The van der Waals surface area contributed by atoms with E-state index in [1.807, 2.05) is 30.3 Å². The van der Waals surface area contributed by atoms with Gasteiger partial charge in [0, 0.05) is 27.9 Å². The van der Waals surface area contributed by atoms with Crippen LogP contribution in [-0.2, 0) is 22.9 Å². The second-order valence-corrected chi connectivity index (χ2v) is 8.72. The molecule has 1 N–H and O–H groups in total. The molecule has 1 saturated heterocycles. The van der Waals surface area contributed by atoms with E-state index in [0.29, 0.717) is 6.42 Å². The van der Waals surface area contributed by atoms with Gasteiger partial charge in [-0.3, -0.25) is 4.21 Å². The zero-order valence-corrected chi connectivity index (χ0v) is 16.8. The van der Waals surface area contributed by atoms with Crippen LogP contribution < -0.4 is 5.32 Å². The minimum Gasteiger partial charge on any atom is -0.772 e. The molecular formula is C19H17Cl2F3NO2S-. The molecule has 1 fully saturated rings. The lowest BCUT2D eigenvalue weighted by molar-refractivity contribution is -0.192. The van der Waals surface area contributed by atoms with Gasteiger partial charge in [-0.05, 0) is 42.2 Å². The van der Waals surface area contributed by atoms with Crippen molar-refractivity contribution >= 4 is 34.3 Å². The van der Waals surface area contributed by atoms with Gasteiger partial charge in [-0.15, -0.1) is 0 Å². The highest BCUT2D eigenvalue weighted by Crippen LogP contribution is 2.51. The maximum Gasteiger partial charge on any atom is 0.400 e. The van der Waals surface area contributed by atoms with Crippen LogP contribution in [0.1, 0.15) is 17.5 Å². The predicted molar refractivity (Wildman–Crippen MR) is 103 cm³/mol. The Bertz CT molecular complexity index is 846. The molecule has 28 heavy (non-hydrogen) atoms. The van der Waals surface area contributed by atoms with E-state index >= 15 is 0 Å². The Balaban J connectivity index is 2.07. The average molecular weight is 451 g/mol. The van der Waals surface area contributed by atoms with E-state index in [1.165, 1.54) is 18.2 Å². The van der Waals surface area contributed by atoms with Crippen molar-refractivity contribution in [1.82, 2.24) is 5.32 Å². The van der Waals surface area contributed by atoms with Gasteiger partial charge in [-0.1, -0.05) is 64.6 Å². The summed E-state index contributed by atoms with van der Waals surface area (Å²) in [4.78, 5) is 0. The van der Waals surface area contributed by atoms with Crippen molar-refractivity contribution in [3.8, 4) is 0 Å². The fourth-order valence-electron chi connectivity index (χ4n) is 3.98. The van der Waals surface area contributed by atoms with E-state index in [4.69, 9.17) is 23.2 Å². The molecule has 1 heterocycles. The third kappa shape index (κ3) is 4.39. The van der Waals surface area contributed by atoms with Gasteiger partial charge in [-0.2, -0.15) is 13.2 Å². The Hall–Kier alpha value is -1.12. The molecule has 4 unspecified atom stereocenters. The smallest absolute Gasteiger partial charge is 0.400 e. The van der Waals surface area contributed by atoms with Crippen molar-refractivity contribution in [1.29, 1.82) is 0 Å². The van der Waals surface area contributed by atoms with Gasteiger partial charge in [0.05, 0.1) is 0 Å². The van der Waals surface area contributed by atoms with Crippen molar-refractivity contribution in [3.05, 3.63) is 69.7 Å². The lowest BCUT2D eigenvalue weighted by Gasteiger charge is -2.38. The van der Waals surface area contributed by atoms with Crippen molar-refractivity contribution in [2.45, 2.75) is 36.5 Å². The molecule has 0 aliphatic carbocycles. The average Bonchev–Trinajstić information content (AvgIpc) is 2.93. The highest BCUT2D eigenvalue weighted by atomic mass is 35.5. The summed E-state index contributed by atoms with van der Waals surface area (Å²) in [6.07, 6.45) is -4.68. The van der Waals surface area contributed by atoms with Gasteiger partial charge >= 0.3 is 6.18 Å². The largest absolute Gasteiger partial charge is 0.772 e. The molecule has 1 aliphatic heterocycles. The quantitative estimate of drug-likeness (QED) is 0.674. The molecule has 0 saturated carbocycles. The minimum atomic E-state index is -4.70. The van der Waals surface area contributed by atoms with Crippen LogP contribution in [0, 0.1) is 0 Å². The summed E-state index contributed by atoms with van der Waals surface area (Å²) in [7, 11) is 0. The number of hydrogen-bond acceptors (Lipinski definition) is 3. The first-order chi connectivity index (χ1) is 13.1. The van der Waals surface area contributed by atoms with Crippen molar-refractivity contribution in [2.75, 3.05) is 5.75 Å². The minimum absolute atomic E-state index is 0.0691. The van der Waals surface area contributed by atoms with Gasteiger partial charge in [0.25, 0.3) is 0 Å². The maximum absolute atomic E-state index is 14.5. The standard InChI is InChI=1S/C19H18Cl2F3NO2S/c20-14-7-13(8-15(21)9-14)18(19(22,23)24)10-16(25-17(18)11-28(26)27)6-12-4-2-1-3-5-12/h1-5,7-9,16-17,25H,6,10-11H2,(H,26,27)/p-1. The molecule has 2 aromatic carbocycles. The summed E-state index contributed by atoms with van der Waals surface area (Å²) in [6.45, 7) is 0. The summed E-state index contributed by atoms with van der Waals surface area (Å²) < 4.78 is 66.0. The summed E-state index contributed by atoms with van der Waals surface area (Å²) in [5.41, 5.74) is -1.68. The predicted octanol–water partition coefficient (Wildman–Crippen LogP) is 4.65. The van der Waals surface area contributed by atoms with E-state index in [1.54, 1.807) is 0 Å². The number of halogens is 5. The van der Waals surface area contributed by atoms with Crippen LogP contribution in [0.15, 0.2) is 48.5 Å². The molecule has 0 spiro atoms. The Morgan fingerprint density at radius 3 is 2.29 bits per heavy atom. The number of rotatable bonds is 5. The van der Waals surface area contributed by atoms with Crippen molar-refractivity contribution in [3.63, 3.8) is 0 Å². The van der Waals surface area contributed by atoms with Gasteiger partial charge in [-0.25, -0.2) is 0 Å². The van der Waals surface area contributed by atoms with Crippen LogP contribution in [0.4, 0.5) is 13.2 Å². The normalized spacial score (nSPS) is 26.4.